The van der Waals surface area contributed by atoms with E-state index in [1.807, 2.05) is 66.7 Å². The number of hydrogen-bond acceptors (Lipinski definition) is 4. The van der Waals surface area contributed by atoms with E-state index in [2.05, 4.69) is 28.8 Å². The van der Waals surface area contributed by atoms with Gasteiger partial charge in [-0.25, -0.2) is 0 Å². The Labute approximate surface area is 217 Å². The minimum atomic E-state index is -0.317. The van der Waals surface area contributed by atoms with Crippen molar-refractivity contribution in [2.75, 3.05) is 7.11 Å². The maximum absolute atomic E-state index is 12.0. The van der Waals surface area contributed by atoms with Crippen molar-refractivity contribution in [2.24, 2.45) is 0 Å². The van der Waals surface area contributed by atoms with Crippen LogP contribution in [0.25, 0.3) is 54.9 Å². The van der Waals surface area contributed by atoms with E-state index < -0.39 is 0 Å². The van der Waals surface area contributed by atoms with Crippen LogP contribution in [-0.4, -0.2) is 16.6 Å². The first-order valence-corrected chi connectivity index (χ1v) is 12.4. The Bertz CT molecular complexity index is 2020. The summed E-state index contributed by atoms with van der Waals surface area (Å²) in [4.78, 5) is 11.7. The fourth-order valence-electron chi connectivity index (χ4n) is 5.58. The number of rotatable bonds is 5. The Kier molecular flexibility index (Phi) is 4.94. The molecule has 0 aliphatic rings. The van der Waals surface area contributed by atoms with Gasteiger partial charge in [-0.1, -0.05) is 60.7 Å². The van der Waals surface area contributed by atoms with E-state index >= 15 is 0 Å². The molecule has 0 saturated heterocycles. The number of nitro groups is 1. The van der Waals surface area contributed by atoms with Crippen LogP contribution in [0.4, 0.5) is 5.69 Å². The second-order valence-electron chi connectivity index (χ2n) is 9.34. The summed E-state index contributed by atoms with van der Waals surface area (Å²) in [7, 11) is 1.65. The standard InChI is InChI=1S/C32H22N2O4/c1-37-21-15-13-20(14-16-21)19-33-28-18-17-25-23-8-3-5-12-29(23)38-32(25)30(28)26-10-6-9-24(31(26)33)22-7-2-4-11-27(22)34(35)36/h2-18H,19H2,1H3. The number of benzene rings is 5. The second kappa shape index (κ2) is 8.49. The number of furan rings is 1. The van der Waals surface area contributed by atoms with E-state index in [4.69, 9.17) is 9.15 Å². The van der Waals surface area contributed by atoms with Crippen LogP contribution < -0.4 is 4.74 Å². The van der Waals surface area contributed by atoms with Crippen LogP contribution in [0.15, 0.2) is 108 Å². The Morgan fingerprint density at radius 1 is 0.789 bits per heavy atom. The minimum absolute atomic E-state index is 0.0788. The summed E-state index contributed by atoms with van der Waals surface area (Å²) in [6.45, 7) is 0.577. The van der Waals surface area contributed by atoms with Crippen molar-refractivity contribution in [3.05, 3.63) is 119 Å². The van der Waals surface area contributed by atoms with E-state index in [1.54, 1.807) is 19.2 Å². The average molecular weight is 499 g/mol. The third-order valence-corrected chi connectivity index (χ3v) is 7.28. The molecule has 2 heterocycles. The van der Waals surface area contributed by atoms with Crippen molar-refractivity contribution in [1.29, 1.82) is 0 Å². The summed E-state index contributed by atoms with van der Waals surface area (Å²) in [5.74, 6) is 0.792. The van der Waals surface area contributed by atoms with Gasteiger partial charge in [0.25, 0.3) is 5.69 Å². The monoisotopic (exact) mass is 498 g/mol. The van der Waals surface area contributed by atoms with Crippen LogP contribution in [-0.2, 0) is 6.54 Å². The highest BCUT2D eigenvalue weighted by molar-refractivity contribution is 6.25. The Hall–Kier alpha value is -5.10. The van der Waals surface area contributed by atoms with Crippen LogP contribution in [0.3, 0.4) is 0 Å². The van der Waals surface area contributed by atoms with Crippen molar-refractivity contribution in [2.45, 2.75) is 6.54 Å². The van der Waals surface area contributed by atoms with E-state index in [9.17, 15) is 10.1 Å². The number of nitro benzene ring substituents is 1. The molecular weight excluding hydrogens is 476 g/mol. The van der Waals surface area contributed by atoms with Crippen LogP contribution in [0.1, 0.15) is 5.56 Å². The molecule has 5 aromatic carbocycles. The zero-order valence-corrected chi connectivity index (χ0v) is 20.5. The smallest absolute Gasteiger partial charge is 0.277 e. The van der Waals surface area contributed by atoms with E-state index in [1.165, 1.54) is 0 Å². The lowest BCUT2D eigenvalue weighted by Gasteiger charge is -2.12. The lowest BCUT2D eigenvalue weighted by atomic mass is 10.00. The Balaban J connectivity index is 1.60. The van der Waals surface area contributed by atoms with Gasteiger partial charge < -0.3 is 13.7 Å². The van der Waals surface area contributed by atoms with Gasteiger partial charge in [0.1, 0.15) is 16.9 Å². The Morgan fingerprint density at radius 2 is 1.53 bits per heavy atom. The summed E-state index contributed by atoms with van der Waals surface area (Å²) < 4.78 is 14.0. The number of ether oxygens (including phenoxy) is 1. The minimum Gasteiger partial charge on any atom is -0.497 e. The van der Waals surface area contributed by atoms with Gasteiger partial charge in [-0.05, 0) is 42.0 Å². The van der Waals surface area contributed by atoms with E-state index in [-0.39, 0.29) is 10.6 Å². The van der Waals surface area contributed by atoms with Gasteiger partial charge in [0.15, 0.2) is 0 Å². The van der Waals surface area contributed by atoms with Gasteiger partial charge in [-0.2, -0.15) is 0 Å². The van der Waals surface area contributed by atoms with Crippen LogP contribution in [0, 0.1) is 10.1 Å². The fourth-order valence-corrected chi connectivity index (χ4v) is 5.58. The third kappa shape index (κ3) is 3.27. The topological polar surface area (TPSA) is 70.4 Å². The molecule has 0 bridgehead atoms. The molecule has 2 aromatic heterocycles. The molecule has 0 radical (unpaired) electrons. The number of fused-ring (bicyclic) bond motifs is 7. The van der Waals surface area contributed by atoms with Crippen molar-refractivity contribution < 1.29 is 14.1 Å². The molecular formula is C32H22N2O4. The van der Waals surface area contributed by atoms with Gasteiger partial charge in [0, 0.05) is 34.3 Å². The summed E-state index contributed by atoms with van der Waals surface area (Å²) in [6.07, 6.45) is 0. The van der Waals surface area contributed by atoms with Gasteiger partial charge in [0.2, 0.25) is 0 Å². The first-order chi connectivity index (χ1) is 18.6. The molecule has 0 N–H and O–H groups in total. The molecule has 0 fully saturated rings. The maximum atomic E-state index is 12.0. The van der Waals surface area contributed by atoms with Gasteiger partial charge in [-0.3, -0.25) is 10.1 Å². The van der Waals surface area contributed by atoms with Crippen molar-refractivity contribution in [1.82, 2.24) is 4.57 Å². The van der Waals surface area contributed by atoms with Crippen molar-refractivity contribution in [3.63, 3.8) is 0 Å². The maximum Gasteiger partial charge on any atom is 0.277 e. The summed E-state index contributed by atoms with van der Waals surface area (Å²) >= 11 is 0. The lowest BCUT2D eigenvalue weighted by Crippen LogP contribution is -2.01. The zero-order valence-electron chi connectivity index (χ0n) is 20.5. The summed E-state index contributed by atoms with van der Waals surface area (Å²) in [5.41, 5.74) is 6.16. The average Bonchev–Trinajstić information content (AvgIpc) is 3.49. The molecule has 0 spiro atoms. The molecule has 6 nitrogen and oxygen atoms in total. The second-order valence-corrected chi connectivity index (χ2v) is 9.34. The van der Waals surface area contributed by atoms with Crippen molar-refractivity contribution >= 4 is 49.4 Å². The SMILES string of the molecule is COc1ccc(Cn2c3ccc4c5ccccc5oc4c3c3cccc(-c4ccccc4[N+](=O)[O-])c32)cc1. The molecule has 0 atom stereocenters. The molecule has 38 heavy (non-hydrogen) atoms. The molecule has 184 valence electrons. The zero-order chi connectivity index (χ0) is 25.8. The van der Waals surface area contributed by atoms with Crippen LogP contribution in [0.2, 0.25) is 0 Å². The van der Waals surface area contributed by atoms with Gasteiger partial charge >= 0.3 is 0 Å². The summed E-state index contributed by atoms with van der Waals surface area (Å²) in [5, 5.41) is 16.1. The quantitative estimate of drug-likeness (QED) is 0.177. The molecule has 7 rings (SSSR count). The van der Waals surface area contributed by atoms with Gasteiger partial charge in [-0.15, -0.1) is 0 Å². The first-order valence-electron chi connectivity index (χ1n) is 12.4. The molecule has 0 aliphatic heterocycles. The molecule has 0 saturated carbocycles. The highest BCUT2D eigenvalue weighted by Crippen LogP contribution is 2.43. The largest absolute Gasteiger partial charge is 0.497 e. The number of hydrogen-bond donors (Lipinski definition) is 0. The highest BCUT2D eigenvalue weighted by atomic mass is 16.6. The predicted octanol–water partition coefficient (Wildman–Crippen LogP) is 8.33. The fraction of sp³-hybridized carbons (Fsp3) is 0.0625. The van der Waals surface area contributed by atoms with E-state index in [0.717, 1.165) is 60.6 Å². The predicted molar refractivity (Wildman–Crippen MR) is 151 cm³/mol. The Morgan fingerprint density at radius 3 is 2.34 bits per heavy atom. The molecule has 6 heteroatoms. The normalized spacial score (nSPS) is 11.6. The third-order valence-electron chi connectivity index (χ3n) is 7.28. The molecule has 7 aromatic rings. The van der Waals surface area contributed by atoms with Crippen molar-refractivity contribution in [3.8, 4) is 16.9 Å². The lowest BCUT2D eigenvalue weighted by molar-refractivity contribution is -0.384. The van der Waals surface area contributed by atoms with Crippen LogP contribution >= 0.6 is 0 Å². The van der Waals surface area contributed by atoms with Crippen LogP contribution in [0.5, 0.6) is 5.75 Å². The number of methoxy groups -OCH3 is 1. The summed E-state index contributed by atoms with van der Waals surface area (Å²) in [6, 6.07) is 33.2. The van der Waals surface area contributed by atoms with Gasteiger partial charge in [0.05, 0.1) is 34.0 Å². The molecule has 0 amide bonds. The molecule has 0 unspecified atom stereocenters. The number of para-hydroxylation sites is 3. The highest BCUT2D eigenvalue weighted by Gasteiger charge is 2.23. The first kappa shape index (κ1) is 22.1. The molecule has 0 aliphatic carbocycles. The number of aromatic nitrogens is 1. The van der Waals surface area contributed by atoms with E-state index in [0.29, 0.717) is 12.1 Å². The number of nitrogens with zero attached hydrogens (tertiary/aromatic N) is 2.